The zero-order valence-corrected chi connectivity index (χ0v) is 14.6. The fourth-order valence-corrected chi connectivity index (χ4v) is 2.64. The van der Waals surface area contributed by atoms with Gasteiger partial charge in [0.2, 0.25) is 0 Å². The Morgan fingerprint density at radius 3 is 2.96 bits per heavy atom. The van der Waals surface area contributed by atoms with Gasteiger partial charge in [-0.05, 0) is 35.0 Å². The number of nitrogens with one attached hydrogen (secondary N) is 2. The highest BCUT2D eigenvalue weighted by Gasteiger charge is 2.17. The number of amides is 1. The summed E-state index contributed by atoms with van der Waals surface area (Å²) in [5.74, 6) is 0.287. The number of halogens is 1. The number of hydrogen-bond donors (Lipinski definition) is 3. The Hall–Kier alpha value is -1.64. The summed E-state index contributed by atoms with van der Waals surface area (Å²) in [5.41, 5.74) is 3.22. The van der Waals surface area contributed by atoms with Gasteiger partial charge in [-0.2, -0.15) is 5.10 Å². The van der Waals surface area contributed by atoms with E-state index in [0.29, 0.717) is 42.2 Å². The molecule has 0 unspecified atom stereocenters. The molecule has 1 fully saturated rings. The zero-order chi connectivity index (χ0) is 16.7. The number of quaternary nitrogens is 1. The highest BCUT2D eigenvalue weighted by atomic mass is 79.9. The summed E-state index contributed by atoms with van der Waals surface area (Å²) < 4.78 is 11.2. The lowest BCUT2D eigenvalue weighted by atomic mass is 10.2. The predicted octanol–water partition coefficient (Wildman–Crippen LogP) is -0.0814. The van der Waals surface area contributed by atoms with Crippen molar-refractivity contribution in [1.29, 1.82) is 0 Å². The monoisotopic (exact) mass is 386 g/mol. The Kier molecular flexibility index (Phi) is 6.82. The van der Waals surface area contributed by atoms with Gasteiger partial charge >= 0.3 is 0 Å². The second kappa shape index (κ2) is 8.85. The number of hydrazone groups is 1. The number of benzene rings is 1. The highest BCUT2D eigenvalue weighted by molar-refractivity contribution is 9.10. The number of rotatable bonds is 6. The maximum Gasteiger partial charge on any atom is 0.295 e. The number of ether oxygens (including phenoxy) is 2. The summed E-state index contributed by atoms with van der Waals surface area (Å²) in [6.07, 6.45) is 1.51. The van der Waals surface area contributed by atoms with E-state index in [-0.39, 0.29) is 11.7 Å². The molecule has 0 aliphatic carbocycles. The number of phenols is 1. The molecule has 0 saturated carbocycles. The van der Waals surface area contributed by atoms with Gasteiger partial charge < -0.3 is 19.5 Å². The number of carbonyl (C=O) groups is 1. The van der Waals surface area contributed by atoms with Gasteiger partial charge in [0, 0.05) is 10.0 Å². The van der Waals surface area contributed by atoms with Crippen LogP contribution in [-0.4, -0.2) is 56.7 Å². The van der Waals surface area contributed by atoms with Crippen molar-refractivity contribution < 1.29 is 24.3 Å². The van der Waals surface area contributed by atoms with E-state index in [1.54, 1.807) is 6.07 Å². The van der Waals surface area contributed by atoms with Crippen LogP contribution in [0.4, 0.5) is 0 Å². The quantitative estimate of drug-likeness (QED) is 0.471. The first-order valence-electron chi connectivity index (χ1n) is 7.48. The molecule has 7 nitrogen and oxygen atoms in total. The Balaban J connectivity index is 1.91. The van der Waals surface area contributed by atoms with Crippen molar-refractivity contribution in [3.63, 3.8) is 0 Å². The van der Waals surface area contributed by atoms with E-state index in [1.165, 1.54) is 17.2 Å². The van der Waals surface area contributed by atoms with Gasteiger partial charge in [0.1, 0.15) is 13.1 Å². The van der Waals surface area contributed by atoms with Gasteiger partial charge in [-0.1, -0.05) is 0 Å². The molecule has 1 saturated heterocycles. The van der Waals surface area contributed by atoms with Crippen molar-refractivity contribution >= 4 is 28.1 Å². The number of nitrogens with zero attached hydrogens (tertiary/aromatic N) is 1. The standard InChI is InChI=1S/C15H20BrN3O4/c1-2-23-14-7-11(12(16)8-13(14)20)9-17-18-15(21)10-19-3-5-22-6-4-19/h7-9,20H,2-6,10H2,1H3,(H,18,21)/p+1/b17-9+. The van der Waals surface area contributed by atoms with Crippen molar-refractivity contribution in [2.45, 2.75) is 6.92 Å². The molecule has 1 aliphatic heterocycles. The van der Waals surface area contributed by atoms with Gasteiger partial charge in [-0.3, -0.25) is 4.79 Å². The predicted molar refractivity (Wildman–Crippen MR) is 89.1 cm³/mol. The average Bonchev–Trinajstić information content (AvgIpc) is 2.52. The highest BCUT2D eigenvalue weighted by Crippen LogP contribution is 2.31. The summed E-state index contributed by atoms with van der Waals surface area (Å²) in [6, 6.07) is 3.19. The Morgan fingerprint density at radius 2 is 2.26 bits per heavy atom. The lowest BCUT2D eigenvalue weighted by molar-refractivity contribution is -0.900. The minimum atomic E-state index is -0.141. The first-order chi connectivity index (χ1) is 11.1. The zero-order valence-electron chi connectivity index (χ0n) is 13.0. The maximum atomic E-state index is 11.8. The molecule has 1 aliphatic rings. The third-order valence-electron chi connectivity index (χ3n) is 3.38. The lowest BCUT2D eigenvalue weighted by Gasteiger charge is -2.22. The number of phenolic OH excluding ortho intramolecular Hbond substituents is 1. The second-order valence-corrected chi connectivity index (χ2v) is 5.96. The molecule has 0 bridgehead atoms. The molecule has 0 aromatic heterocycles. The van der Waals surface area contributed by atoms with E-state index < -0.39 is 0 Å². The maximum absolute atomic E-state index is 11.8. The lowest BCUT2D eigenvalue weighted by Crippen LogP contribution is -3.15. The van der Waals surface area contributed by atoms with Crippen molar-refractivity contribution in [2.75, 3.05) is 39.5 Å². The van der Waals surface area contributed by atoms with Crippen LogP contribution in [0.1, 0.15) is 12.5 Å². The van der Waals surface area contributed by atoms with Crippen LogP contribution in [0, 0.1) is 0 Å². The van der Waals surface area contributed by atoms with Gasteiger partial charge in [0.15, 0.2) is 18.0 Å². The molecule has 1 aromatic carbocycles. The molecular formula is C15H21BrN3O4+. The summed E-state index contributed by atoms with van der Waals surface area (Å²) in [7, 11) is 0. The molecule has 0 radical (unpaired) electrons. The number of aromatic hydroxyl groups is 1. The van der Waals surface area contributed by atoms with Gasteiger partial charge in [-0.15, -0.1) is 0 Å². The van der Waals surface area contributed by atoms with Crippen LogP contribution in [0.3, 0.4) is 0 Å². The van der Waals surface area contributed by atoms with Crippen LogP contribution in [0.15, 0.2) is 21.7 Å². The molecular weight excluding hydrogens is 366 g/mol. The summed E-state index contributed by atoms with van der Waals surface area (Å²) in [6.45, 7) is 5.70. The van der Waals surface area contributed by atoms with Crippen LogP contribution in [-0.2, 0) is 9.53 Å². The van der Waals surface area contributed by atoms with E-state index >= 15 is 0 Å². The van der Waals surface area contributed by atoms with Crippen LogP contribution in [0.5, 0.6) is 11.5 Å². The fourth-order valence-electron chi connectivity index (χ4n) is 2.21. The van der Waals surface area contributed by atoms with Gasteiger partial charge in [-0.25, -0.2) is 5.43 Å². The van der Waals surface area contributed by atoms with E-state index in [1.807, 2.05) is 6.92 Å². The largest absolute Gasteiger partial charge is 0.504 e. The van der Waals surface area contributed by atoms with E-state index in [0.717, 1.165) is 13.1 Å². The SMILES string of the molecule is CCOc1cc(/C=N/NC(=O)C[NH+]2CCOCC2)c(Br)cc1O. The molecule has 0 spiro atoms. The molecule has 1 heterocycles. The molecule has 3 N–H and O–H groups in total. The minimum absolute atomic E-state index is 0.0517. The molecule has 23 heavy (non-hydrogen) atoms. The van der Waals surface area contributed by atoms with Crippen LogP contribution >= 0.6 is 15.9 Å². The molecule has 2 rings (SSSR count). The summed E-state index contributed by atoms with van der Waals surface area (Å²) in [4.78, 5) is 13.0. The van der Waals surface area contributed by atoms with Crippen LogP contribution in [0.25, 0.3) is 0 Å². The van der Waals surface area contributed by atoms with Gasteiger partial charge in [0.25, 0.3) is 5.91 Å². The third kappa shape index (κ3) is 5.49. The van der Waals surface area contributed by atoms with Crippen LogP contribution in [0.2, 0.25) is 0 Å². The molecule has 1 amide bonds. The normalized spacial score (nSPS) is 15.7. The summed E-state index contributed by atoms with van der Waals surface area (Å²) in [5, 5.41) is 13.7. The number of hydrogen-bond acceptors (Lipinski definition) is 5. The van der Waals surface area contributed by atoms with Crippen LogP contribution < -0.4 is 15.1 Å². The Morgan fingerprint density at radius 1 is 1.52 bits per heavy atom. The Bertz CT molecular complexity index is 574. The Labute approximate surface area is 143 Å². The first-order valence-corrected chi connectivity index (χ1v) is 8.28. The van der Waals surface area contributed by atoms with E-state index in [9.17, 15) is 9.90 Å². The molecule has 126 valence electrons. The van der Waals surface area contributed by atoms with Crippen molar-refractivity contribution in [3.05, 3.63) is 22.2 Å². The topological polar surface area (TPSA) is 84.6 Å². The summed E-state index contributed by atoms with van der Waals surface area (Å²) >= 11 is 3.34. The number of morpholine rings is 1. The average molecular weight is 387 g/mol. The molecule has 8 heteroatoms. The molecule has 0 atom stereocenters. The first kappa shape index (κ1) is 17.7. The van der Waals surface area contributed by atoms with Crippen molar-refractivity contribution in [1.82, 2.24) is 5.43 Å². The van der Waals surface area contributed by atoms with Crippen molar-refractivity contribution in [2.24, 2.45) is 5.10 Å². The smallest absolute Gasteiger partial charge is 0.295 e. The van der Waals surface area contributed by atoms with E-state index in [4.69, 9.17) is 9.47 Å². The van der Waals surface area contributed by atoms with Crippen molar-refractivity contribution in [3.8, 4) is 11.5 Å². The van der Waals surface area contributed by atoms with Gasteiger partial charge in [0.05, 0.1) is 26.0 Å². The number of carbonyl (C=O) groups excluding carboxylic acids is 1. The minimum Gasteiger partial charge on any atom is -0.504 e. The second-order valence-electron chi connectivity index (χ2n) is 5.11. The third-order valence-corrected chi connectivity index (χ3v) is 4.07. The molecule has 1 aromatic rings. The fraction of sp³-hybridized carbons (Fsp3) is 0.467. The van der Waals surface area contributed by atoms with E-state index in [2.05, 4.69) is 26.5 Å².